The highest BCUT2D eigenvalue weighted by atomic mass is 15.2. The number of fused-ring (bicyclic) bond motifs is 1. The maximum Gasteiger partial charge on any atom is 0.0407 e. The van der Waals surface area contributed by atoms with Crippen molar-refractivity contribution in [1.82, 2.24) is 5.32 Å². The molecule has 3 rings (SSSR count). The van der Waals surface area contributed by atoms with Crippen LogP contribution in [-0.2, 0) is 6.42 Å². The maximum absolute atomic E-state index is 3.43. The molecule has 102 valence electrons. The van der Waals surface area contributed by atoms with Crippen LogP contribution in [0.4, 0.5) is 5.69 Å². The van der Waals surface area contributed by atoms with Crippen molar-refractivity contribution >= 4 is 11.8 Å². The van der Waals surface area contributed by atoms with Gasteiger partial charge in [-0.25, -0.2) is 0 Å². The fourth-order valence-corrected chi connectivity index (χ4v) is 3.27. The lowest BCUT2D eigenvalue weighted by Gasteiger charge is -2.24. The summed E-state index contributed by atoms with van der Waals surface area (Å²) >= 11 is 0. The molecule has 1 aromatic rings. The Morgan fingerprint density at radius 3 is 2.68 bits per heavy atom. The van der Waals surface area contributed by atoms with Gasteiger partial charge in [0, 0.05) is 18.3 Å². The van der Waals surface area contributed by atoms with Crippen LogP contribution in [0.15, 0.2) is 23.8 Å². The molecule has 1 saturated heterocycles. The van der Waals surface area contributed by atoms with E-state index in [-0.39, 0.29) is 0 Å². The van der Waals surface area contributed by atoms with E-state index < -0.39 is 0 Å². The molecule has 0 aliphatic carbocycles. The molecule has 0 bridgehead atoms. The molecule has 0 atom stereocenters. The average molecular weight is 256 g/mol. The van der Waals surface area contributed by atoms with Crippen LogP contribution in [-0.4, -0.2) is 25.7 Å². The van der Waals surface area contributed by atoms with Gasteiger partial charge in [0.2, 0.25) is 0 Å². The Morgan fingerprint density at radius 1 is 1.16 bits per heavy atom. The average Bonchev–Trinajstić information content (AvgIpc) is 2.85. The number of nitrogens with zero attached hydrogens (tertiary/aromatic N) is 1. The second kappa shape index (κ2) is 5.38. The second-order valence-corrected chi connectivity index (χ2v) is 5.93. The minimum Gasteiger partial charge on any atom is -0.369 e. The van der Waals surface area contributed by atoms with Crippen LogP contribution in [0.25, 0.3) is 6.08 Å². The molecule has 2 heteroatoms. The van der Waals surface area contributed by atoms with Gasteiger partial charge in [0.15, 0.2) is 0 Å². The first kappa shape index (κ1) is 12.7. The van der Waals surface area contributed by atoms with Crippen molar-refractivity contribution in [2.75, 3.05) is 24.5 Å². The van der Waals surface area contributed by atoms with E-state index in [0.717, 1.165) is 13.1 Å². The van der Waals surface area contributed by atoms with Crippen molar-refractivity contribution in [3.8, 4) is 0 Å². The first-order chi connectivity index (χ1) is 9.25. The minimum atomic E-state index is 0.600. The van der Waals surface area contributed by atoms with E-state index in [4.69, 9.17) is 0 Å². The van der Waals surface area contributed by atoms with Gasteiger partial charge in [0.1, 0.15) is 0 Å². The molecule has 2 aliphatic rings. The predicted octanol–water partition coefficient (Wildman–Crippen LogP) is 3.22. The van der Waals surface area contributed by atoms with E-state index in [1.54, 1.807) is 11.1 Å². The highest BCUT2D eigenvalue weighted by Crippen LogP contribution is 2.33. The number of benzene rings is 1. The number of hydrogen-bond donors (Lipinski definition) is 1. The van der Waals surface area contributed by atoms with Crippen molar-refractivity contribution in [3.63, 3.8) is 0 Å². The van der Waals surface area contributed by atoms with Gasteiger partial charge < -0.3 is 10.2 Å². The molecule has 1 fully saturated rings. The van der Waals surface area contributed by atoms with Gasteiger partial charge in [-0.15, -0.1) is 0 Å². The number of piperidine rings is 1. The molecule has 19 heavy (non-hydrogen) atoms. The molecule has 0 spiro atoms. The lowest BCUT2D eigenvalue weighted by Crippen LogP contribution is -2.28. The molecule has 2 nitrogen and oxygen atoms in total. The fraction of sp³-hybridized carbons (Fsp3) is 0.529. The van der Waals surface area contributed by atoms with E-state index in [1.165, 1.54) is 37.1 Å². The number of anilines is 1. The summed E-state index contributed by atoms with van der Waals surface area (Å²) in [6.45, 7) is 8.02. The summed E-state index contributed by atoms with van der Waals surface area (Å²) in [6.07, 6.45) is 6.06. The van der Waals surface area contributed by atoms with Gasteiger partial charge in [-0.2, -0.15) is 0 Å². The Bertz CT molecular complexity index is 480. The monoisotopic (exact) mass is 256 g/mol. The van der Waals surface area contributed by atoms with Crippen LogP contribution in [0.1, 0.15) is 37.8 Å². The molecule has 1 N–H and O–H groups in total. The second-order valence-electron chi connectivity index (χ2n) is 5.93. The molecule has 0 unspecified atom stereocenters. The number of rotatable bonds is 2. The Balaban J connectivity index is 1.92. The van der Waals surface area contributed by atoms with Gasteiger partial charge in [0.25, 0.3) is 0 Å². The maximum atomic E-state index is 3.43. The number of nitrogens with one attached hydrogen (secondary N) is 1. The Kier molecular flexibility index (Phi) is 3.61. The number of hydrogen-bond acceptors (Lipinski definition) is 2. The molecule has 0 amide bonds. The van der Waals surface area contributed by atoms with Crippen molar-refractivity contribution in [3.05, 3.63) is 34.9 Å². The highest BCUT2D eigenvalue weighted by molar-refractivity contribution is 5.69. The van der Waals surface area contributed by atoms with E-state index in [2.05, 4.69) is 48.3 Å². The van der Waals surface area contributed by atoms with E-state index in [0.29, 0.717) is 6.04 Å². The zero-order valence-corrected chi connectivity index (χ0v) is 12.1. The van der Waals surface area contributed by atoms with Gasteiger partial charge >= 0.3 is 0 Å². The Labute approximate surface area is 116 Å². The van der Waals surface area contributed by atoms with Gasteiger partial charge in [-0.3, -0.25) is 0 Å². The predicted molar refractivity (Wildman–Crippen MR) is 82.7 cm³/mol. The van der Waals surface area contributed by atoms with E-state index in [9.17, 15) is 0 Å². The summed E-state index contributed by atoms with van der Waals surface area (Å²) in [6, 6.07) is 7.39. The largest absolute Gasteiger partial charge is 0.369 e. The third-order valence-electron chi connectivity index (χ3n) is 4.33. The lowest BCUT2D eigenvalue weighted by molar-refractivity contribution is 0.613. The summed E-state index contributed by atoms with van der Waals surface area (Å²) in [5, 5.41) is 3.43. The third-order valence-corrected chi connectivity index (χ3v) is 4.33. The SMILES string of the molecule is CC(C)N1CCc2c(C=C3CCNCC3)cccc21. The van der Waals surface area contributed by atoms with Gasteiger partial charge in [-0.1, -0.05) is 23.8 Å². The first-order valence-electron chi connectivity index (χ1n) is 7.54. The summed E-state index contributed by atoms with van der Waals surface area (Å²) in [7, 11) is 0. The summed E-state index contributed by atoms with van der Waals surface area (Å²) in [5.41, 5.74) is 6.08. The lowest BCUT2D eigenvalue weighted by atomic mass is 9.98. The van der Waals surface area contributed by atoms with Crippen LogP contribution in [0.5, 0.6) is 0 Å². The summed E-state index contributed by atoms with van der Waals surface area (Å²) in [4.78, 5) is 2.53. The standard InChI is InChI=1S/C17H24N2/c1-13(2)19-11-8-16-15(4-3-5-17(16)19)12-14-6-9-18-10-7-14/h3-5,12-13,18H,6-11H2,1-2H3. The zero-order chi connectivity index (χ0) is 13.2. The van der Waals surface area contributed by atoms with Crippen LogP contribution in [0, 0.1) is 0 Å². The van der Waals surface area contributed by atoms with Crippen molar-refractivity contribution in [1.29, 1.82) is 0 Å². The van der Waals surface area contributed by atoms with Crippen LogP contribution in [0.2, 0.25) is 0 Å². The fourth-order valence-electron chi connectivity index (χ4n) is 3.27. The molecule has 2 aliphatic heterocycles. The van der Waals surface area contributed by atoms with Gasteiger partial charge in [-0.05, 0) is 63.4 Å². The van der Waals surface area contributed by atoms with Crippen LogP contribution < -0.4 is 10.2 Å². The summed E-state index contributed by atoms with van der Waals surface area (Å²) < 4.78 is 0. The Morgan fingerprint density at radius 2 is 1.95 bits per heavy atom. The quantitative estimate of drug-likeness (QED) is 0.874. The normalized spacial score (nSPS) is 18.9. The van der Waals surface area contributed by atoms with Crippen molar-refractivity contribution in [2.24, 2.45) is 0 Å². The van der Waals surface area contributed by atoms with E-state index >= 15 is 0 Å². The molecule has 0 saturated carbocycles. The van der Waals surface area contributed by atoms with Crippen LogP contribution >= 0.6 is 0 Å². The molecule has 2 heterocycles. The smallest absolute Gasteiger partial charge is 0.0407 e. The molecule has 1 aromatic carbocycles. The first-order valence-corrected chi connectivity index (χ1v) is 7.54. The molecule has 0 aromatic heterocycles. The topological polar surface area (TPSA) is 15.3 Å². The molecular formula is C17H24N2. The zero-order valence-electron chi connectivity index (χ0n) is 12.1. The van der Waals surface area contributed by atoms with E-state index in [1.807, 2.05) is 0 Å². The minimum absolute atomic E-state index is 0.600. The van der Waals surface area contributed by atoms with Gasteiger partial charge in [0.05, 0.1) is 0 Å². The third kappa shape index (κ3) is 2.55. The van der Waals surface area contributed by atoms with Crippen molar-refractivity contribution in [2.45, 2.75) is 39.2 Å². The molecular weight excluding hydrogens is 232 g/mol. The highest BCUT2D eigenvalue weighted by Gasteiger charge is 2.22. The van der Waals surface area contributed by atoms with Crippen LogP contribution in [0.3, 0.4) is 0 Å². The Hall–Kier alpha value is -1.28. The molecule has 0 radical (unpaired) electrons. The summed E-state index contributed by atoms with van der Waals surface area (Å²) in [5.74, 6) is 0. The van der Waals surface area contributed by atoms with Crippen molar-refractivity contribution < 1.29 is 0 Å².